The fraction of sp³-hybridized carbons (Fsp3) is 0.556. The molecule has 0 spiro atoms. The number of nitrogens with one attached hydrogen (secondary N) is 1. The molecule has 1 saturated carbocycles. The van der Waals surface area contributed by atoms with Crippen LogP contribution in [0.3, 0.4) is 0 Å². The molecule has 0 bridgehead atoms. The highest BCUT2D eigenvalue weighted by atomic mass is 16.2. The number of amides is 2. The predicted molar refractivity (Wildman–Crippen MR) is 50.1 cm³/mol. The zero-order valence-electron chi connectivity index (χ0n) is 7.36. The minimum atomic E-state index is -0.582. The summed E-state index contributed by atoms with van der Waals surface area (Å²) in [6.07, 6.45) is 7.63. The zero-order chi connectivity index (χ0) is 9.26. The number of urea groups is 1. The number of hydrogen-bond acceptors (Lipinski definition) is 2. The summed E-state index contributed by atoms with van der Waals surface area (Å²) in [5, 5.41) is 4.02. The predicted octanol–water partition coefficient (Wildman–Crippen LogP) is 0.997. The van der Waals surface area contributed by atoms with E-state index in [1.165, 1.54) is 0 Å². The number of carbonyl (C=O) groups excluding carboxylic acids is 1. The van der Waals surface area contributed by atoms with Crippen LogP contribution in [0.2, 0.25) is 0 Å². The number of carbonyl (C=O) groups is 1. The van der Waals surface area contributed by atoms with Gasteiger partial charge in [-0.05, 0) is 25.2 Å². The van der Waals surface area contributed by atoms with E-state index in [0.29, 0.717) is 11.8 Å². The highest BCUT2D eigenvalue weighted by molar-refractivity contribution is 5.90. The number of hydrogen-bond donors (Lipinski definition) is 2. The van der Waals surface area contributed by atoms with Crippen molar-refractivity contribution in [3.63, 3.8) is 0 Å². The Morgan fingerprint density at radius 2 is 2.54 bits per heavy atom. The van der Waals surface area contributed by atoms with E-state index >= 15 is 0 Å². The molecule has 1 fully saturated rings. The summed E-state index contributed by atoms with van der Waals surface area (Å²) in [6.45, 7) is 0. The Morgan fingerprint density at radius 3 is 3.31 bits per heavy atom. The molecule has 0 aromatic heterocycles. The second-order valence-electron chi connectivity index (χ2n) is 3.55. The van der Waals surface area contributed by atoms with E-state index in [1.807, 2.05) is 0 Å². The summed E-state index contributed by atoms with van der Waals surface area (Å²) in [5.74, 6) is 1.17. The van der Waals surface area contributed by atoms with Crippen molar-refractivity contribution < 1.29 is 4.79 Å². The average molecular weight is 179 g/mol. The summed E-state index contributed by atoms with van der Waals surface area (Å²) in [4.78, 5) is 10.4. The number of fused-ring (bicyclic) bond motifs is 1. The Bertz CT molecular complexity index is 283. The van der Waals surface area contributed by atoms with Crippen LogP contribution in [0.4, 0.5) is 4.79 Å². The van der Waals surface area contributed by atoms with Crippen molar-refractivity contribution >= 4 is 11.7 Å². The van der Waals surface area contributed by atoms with Crippen molar-refractivity contribution in [2.45, 2.75) is 19.3 Å². The molecule has 70 valence electrons. The van der Waals surface area contributed by atoms with Crippen LogP contribution in [-0.2, 0) is 0 Å². The van der Waals surface area contributed by atoms with Gasteiger partial charge in [0.1, 0.15) is 0 Å². The van der Waals surface area contributed by atoms with Gasteiger partial charge in [0.15, 0.2) is 0 Å². The van der Waals surface area contributed by atoms with Crippen molar-refractivity contribution in [1.82, 2.24) is 5.43 Å². The molecular weight excluding hydrogens is 166 g/mol. The molecule has 13 heavy (non-hydrogen) atoms. The van der Waals surface area contributed by atoms with Crippen molar-refractivity contribution in [2.75, 3.05) is 0 Å². The molecule has 4 heteroatoms. The van der Waals surface area contributed by atoms with Crippen LogP contribution in [0, 0.1) is 11.8 Å². The van der Waals surface area contributed by atoms with E-state index in [0.717, 1.165) is 25.0 Å². The first-order valence-corrected chi connectivity index (χ1v) is 4.56. The first-order valence-electron chi connectivity index (χ1n) is 4.56. The van der Waals surface area contributed by atoms with E-state index in [1.54, 1.807) is 0 Å². The molecule has 0 heterocycles. The van der Waals surface area contributed by atoms with Gasteiger partial charge in [-0.3, -0.25) is 0 Å². The number of rotatable bonds is 1. The average Bonchev–Trinajstić information content (AvgIpc) is 2.60. The molecular formula is C9H13N3O. The summed E-state index contributed by atoms with van der Waals surface area (Å²) in [6, 6.07) is -0.582. The fourth-order valence-corrected chi connectivity index (χ4v) is 2.16. The van der Waals surface area contributed by atoms with Gasteiger partial charge in [-0.1, -0.05) is 12.2 Å². The topological polar surface area (TPSA) is 67.5 Å². The van der Waals surface area contributed by atoms with Crippen LogP contribution < -0.4 is 11.2 Å². The highest BCUT2D eigenvalue weighted by Gasteiger charge is 2.33. The maximum absolute atomic E-state index is 10.4. The lowest BCUT2D eigenvalue weighted by atomic mass is 9.99. The summed E-state index contributed by atoms with van der Waals surface area (Å²) >= 11 is 0. The lowest BCUT2D eigenvalue weighted by Crippen LogP contribution is -2.26. The molecule has 0 aromatic rings. The van der Waals surface area contributed by atoms with E-state index in [-0.39, 0.29) is 0 Å². The van der Waals surface area contributed by atoms with Gasteiger partial charge in [-0.15, -0.1) is 0 Å². The first kappa shape index (κ1) is 8.29. The highest BCUT2D eigenvalue weighted by Crippen LogP contribution is 2.37. The fourth-order valence-electron chi connectivity index (χ4n) is 2.16. The summed E-state index contributed by atoms with van der Waals surface area (Å²) < 4.78 is 0. The molecule has 2 atom stereocenters. The minimum Gasteiger partial charge on any atom is -0.350 e. The summed E-state index contributed by atoms with van der Waals surface area (Å²) in [5.41, 5.74) is 8.33. The Balaban J connectivity index is 2.02. The van der Waals surface area contributed by atoms with Gasteiger partial charge in [0.25, 0.3) is 0 Å². The van der Waals surface area contributed by atoms with Crippen LogP contribution in [0.25, 0.3) is 0 Å². The molecule has 0 radical (unpaired) electrons. The lowest BCUT2D eigenvalue weighted by molar-refractivity contribution is 0.249. The van der Waals surface area contributed by atoms with Crippen LogP contribution in [0.1, 0.15) is 19.3 Å². The minimum absolute atomic E-state index is 0.520. The van der Waals surface area contributed by atoms with E-state index in [9.17, 15) is 4.79 Å². The zero-order valence-corrected chi connectivity index (χ0v) is 7.36. The molecule has 4 nitrogen and oxygen atoms in total. The molecule has 3 N–H and O–H groups in total. The largest absolute Gasteiger partial charge is 0.350 e. The monoisotopic (exact) mass is 179 g/mol. The molecule has 2 rings (SSSR count). The first-order chi connectivity index (χ1) is 6.27. The van der Waals surface area contributed by atoms with E-state index < -0.39 is 6.03 Å². The van der Waals surface area contributed by atoms with Crippen molar-refractivity contribution in [3.05, 3.63) is 12.2 Å². The molecule has 2 aliphatic carbocycles. The quantitative estimate of drug-likeness (QED) is 0.457. The van der Waals surface area contributed by atoms with Crippen LogP contribution in [0.5, 0.6) is 0 Å². The van der Waals surface area contributed by atoms with Gasteiger partial charge in [-0.2, -0.15) is 5.10 Å². The lowest BCUT2D eigenvalue weighted by Gasteiger charge is -2.08. The molecule has 0 aromatic carbocycles. The van der Waals surface area contributed by atoms with Gasteiger partial charge in [-0.25, -0.2) is 10.2 Å². The van der Waals surface area contributed by atoms with Crippen LogP contribution in [0.15, 0.2) is 17.3 Å². The standard InChI is InChI=1S/C9H13N3O/c10-9(13)12-11-8-5-4-6-2-1-3-7(6)8/h1-2,6-7H,3-5H2,(H3,10,12,13)/b11-8-/t6-,7-/m0/s1. The second-order valence-corrected chi connectivity index (χ2v) is 3.55. The van der Waals surface area contributed by atoms with Crippen LogP contribution >= 0.6 is 0 Å². The number of allylic oxidation sites excluding steroid dienone is 2. The smallest absolute Gasteiger partial charge is 0.332 e. The second kappa shape index (κ2) is 3.20. The Hall–Kier alpha value is -1.32. The third-order valence-electron chi connectivity index (χ3n) is 2.76. The third kappa shape index (κ3) is 1.56. The number of nitrogens with zero attached hydrogens (tertiary/aromatic N) is 1. The van der Waals surface area contributed by atoms with Crippen molar-refractivity contribution in [3.8, 4) is 0 Å². The maximum Gasteiger partial charge on any atom is 0.332 e. The van der Waals surface area contributed by atoms with Crippen molar-refractivity contribution in [1.29, 1.82) is 0 Å². The van der Waals surface area contributed by atoms with Gasteiger partial charge in [0.05, 0.1) is 0 Å². The SMILES string of the molecule is NC(=O)N/N=C1/CC[C@@H]2C=CC[C@H]12. The van der Waals surface area contributed by atoms with Gasteiger partial charge in [0.2, 0.25) is 0 Å². The van der Waals surface area contributed by atoms with Gasteiger partial charge < -0.3 is 5.73 Å². The third-order valence-corrected chi connectivity index (χ3v) is 2.76. The molecule has 0 saturated heterocycles. The summed E-state index contributed by atoms with van der Waals surface area (Å²) in [7, 11) is 0. The molecule has 0 unspecified atom stereocenters. The van der Waals surface area contributed by atoms with E-state index in [2.05, 4.69) is 22.7 Å². The number of hydrazone groups is 1. The number of nitrogens with two attached hydrogens (primary N) is 1. The normalized spacial score (nSPS) is 33.7. The Kier molecular flexibility index (Phi) is 2.04. The van der Waals surface area contributed by atoms with Crippen molar-refractivity contribution in [2.24, 2.45) is 22.7 Å². The Morgan fingerprint density at radius 1 is 1.69 bits per heavy atom. The number of primary amides is 1. The van der Waals surface area contributed by atoms with Gasteiger partial charge >= 0.3 is 6.03 Å². The van der Waals surface area contributed by atoms with E-state index in [4.69, 9.17) is 5.73 Å². The Labute approximate surface area is 76.9 Å². The molecule has 0 aliphatic heterocycles. The van der Waals surface area contributed by atoms with Crippen LogP contribution in [-0.4, -0.2) is 11.7 Å². The van der Waals surface area contributed by atoms with Gasteiger partial charge in [0, 0.05) is 11.6 Å². The molecule has 2 aliphatic rings. The maximum atomic E-state index is 10.4. The molecule has 2 amide bonds.